The van der Waals surface area contributed by atoms with E-state index in [1.54, 1.807) is 11.8 Å². The molecule has 3 atom stereocenters. The average molecular weight is 376 g/mol. The highest BCUT2D eigenvalue weighted by atomic mass is 32.2. The fourth-order valence-corrected chi connectivity index (χ4v) is 5.05. The van der Waals surface area contributed by atoms with Crippen LogP contribution < -0.4 is 10.6 Å². The molecule has 3 nitrogen and oxygen atoms in total. The molecule has 0 aromatic heterocycles. The zero-order chi connectivity index (χ0) is 18.8. The Morgan fingerprint density at radius 2 is 1.48 bits per heavy atom. The molecule has 3 N–H and O–H groups in total. The Labute approximate surface area is 164 Å². The fraction of sp³-hybridized carbons (Fsp3) is 0.174. The van der Waals surface area contributed by atoms with Crippen LogP contribution in [0.3, 0.4) is 0 Å². The SMILES string of the molecule is Cc1ccc([C@H]2[C@H](C(=O)c3ccccc3)SC([NH3+])N2c2ccccc2)cc1. The summed E-state index contributed by atoms with van der Waals surface area (Å²) in [5.74, 6) is 0.165. The van der Waals surface area contributed by atoms with Gasteiger partial charge in [-0.1, -0.05) is 90.1 Å². The maximum atomic E-state index is 13.3. The van der Waals surface area contributed by atoms with Gasteiger partial charge in [0, 0.05) is 11.3 Å². The first-order valence-electron chi connectivity index (χ1n) is 9.13. The number of hydrogen-bond donors (Lipinski definition) is 1. The van der Waals surface area contributed by atoms with E-state index in [4.69, 9.17) is 0 Å². The van der Waals surface area contributed by atoms with E-state index >= 15 is 0 Å². The molecule has 0 amide bonds. The lowest BCUT2D eigenvalue weighted by atomic mass is 9.95. The maximum absolute atomic E-state index is 13.3. The minimum absolute atomic E-state index is 0.0311. The predicted octanol–water partition coefficient (Wildman–Crippen LogP) is 4.07. The van der Waals surface area contributed by atoms with Crippen LogP contribution in [-0.4, -0.2) is 16.5 Å². The molecule has 1 heterocycles. The van der Waals surface area contributed by atoms with Gasteiger partial charge in [-0.05, 0) is 24.6 Å². The van der Waals surface area contributed by atoms with Gasteiger partial charge in [0.25, 0.3) is 0 Å². The van der Waals surface area contributed by atoms with Crippen molar-refractivity contribution in [3.63, 3.8) is 0 Å². The summed E-state index contributed by atoms with van der Waals surface area (Å²) in [5.41, 5.74) is 8.54. The van der Waals surface area contributed by atoms with Gasteiger partial charge in [-0.25, -0.2) is 0 Å². The molecule has 0 saturated carbocycles. The number of nitrogens with zero attached hydrogens (tertiary/aromatic N) is 1. The fourth-order valence-electron chi connectivity index (χ4n) is 3.63. The molecule has 0 radical (unpaired) electrons. The summed E-state index contributed by atoms with van der Waals surface area (Å²) in [6.45, 7) is 2.08. The highest BCUT2D eigenvalue weighted by Crippen LogP contribution is 2.46. The van der Waals surface area contributed by atoms with Gasteiger partial charge in [-0.15, -0.1) is 0 Å². The van der Waals surface area contributed by atoms with Crippen molar-refractivity contribution < 1.29 is 10.5 Å². The Kier molecular flexibility index (Phi) is 5.01. The number of thioether (sulfide) groups is 1. The van der Waals surface area contributed by atoms with E-state index in [0.29, 0.717) is 0 Å². The first kappa shape index (κ1) is 17.8. The van der Waals surface area contributed by atoms with Crippen LogP contribution in [-0.2, 0) is 0 Å². The minimum Gasteiger partial charge on any atom is -0.329 e. The molecule has 136 valence electrons. The van der Waals surface area contributed by atoms with Crippen LogP contribution in [0, 0.1) is 6.92 Å². The van der Waals surface area contributed by atoms with Crippen LogP contribution in [0.5, 0.6) is 0 Å². The van der Waals surface area contributed by atoms with Crippen molar-refractivity contribution in [2.45, 2.75) is 23.7 Å². The van der Waals surface area contributed by atoms with Crippen LogP contribution in [0.25, 0.3) is 0 Å². The Morgan fingerprint density at radius 1 is 0.889 bits per heavy atom. The first-order valence-corrected chi connectivity index (χ1v) is 10.1. The molecular formula is C23H23N2OS+. The number of anilines is 1. The second-order valence-electron chi connectivity index (χ2n) is 6.84. The number of quaternary nitrogens is 1. The van der Waals surface area contributed by atoms with E-state index in [1.807, 2.05) is 48.5 Å². The molecule has 1 aliphatic rings. The molecule has 3 aromatic carbocycles. The summed E-state index contributed by atoms with van der Waals surface area (Å²) >= 11 is 1.64. The Hall–Kier alpha value is -2.56. The molecular weight excluding hydrogens is 352 g/mol. The number of carbonyl (C=O) groups excluding carboxylic acids is 1. The van der Waals surface area contributed by atoms with Crippen molar-refractivity contribution in [1.82, 2.24) is 0 Å². The smallest absolute Gasteiger partial charge is 0.210 e. The maximum Gasteiger partial charge on any atom is 0.210 e. The number of Topliss-reactive ketones (excluding diaryl/α,β-unsaturated/α-hetero) is 1. The number of para-hydroxylation sites is 1. The summed E-state index contributed by atoms with van der Waals surface area (Å²) in [4.78, 5) is 15.6. The third-order valence-electron chi connectivity index (χ3n) is 4.99. The zero-order valence-corrected chi connectivity index (χ0v) is 16.1. The monoisotopic (exact) mass is 375 g/mol. The summed E-state index contributed by atoms with van der Waals surface area (Å²) in [6, 6.07) is 28.3. The van der Waals surface area contributed by atoms with Crippen molar-refractivity contribution >= 4 is 23.2 Å². The lowest BCUT2D eigenvalue weighted by Crippen LogP contribution is -2.65. The normalized spacial score (nSPS) is 22.0. The molecule has 3 aromatic rings. The van der Waals surface area contributed by atoms with Gasteiger partial charge < -0.3 is 10.6 Å². The van der Waals surface area contributed by atoms with E-state index in [2.05, 4.69) is 54.0 Å². The molecule has 0 spiro atoms. The molecule has 0 bridgehead atoms. The van der Waals surface area contributed by atoms with Gasteiger partial charge in [0.1, 0.15) is 5.25 Å². The van der Waals surface area contributed by atoms with Crippen LogP contribution >= 0.6 is 11.8 Å². The molecule has 0 aliphatic carbocycles. The molecule has 1 unspecified atom stereocenters. The number of ketones is 1. The second kappa shape index (κ2) is 7.59. The van der Waals surface area contributed by atoms with Crippen LogP contribution in [0.4, 0.5) is 5.69 Å². The minimum atomic E-state index is -0.196. The lowest BCUT2D eigenvalue weighted by Gasteiger charge is -2.29. The van der Waals surface area contributed by atoms with Crippen LogP contribution in [0.2, 0.25) is 0 Å². The van der Waals surface area contributed by atoms with Crippen molar-refractivity contribution in [2.24, 2.45) is 0 Å². The number of rotatable bonds is 4. The Balaban J connectivity index is 1.78. The van der Waals surface area contributed by atoms with E-state index in [1.165, 1.54) is 5.56 Å². The van der Waals surface area contributed by atoms with Gasteiger partial charge in [0.15, 0.2) is 5.78 Å². The quantitative estimate of drug-likeness (QED) is 0.700. The molecule has 1 aliphatic heterocycles. The number of aryl methyl sites for hydroxylation is 1. The second-order valence-corrected chi connectivity index (χ2v) is 8.16. The predicted molar refractivity (Wildman–Crippen MR) is 112 cm³/mol. The highest BCUT2D eigenvalue weighted by Gasteiger charge is 2.47. The molecule has 27 heavy (non-hydrogen) atoms. The van der Waals surface area contributed by atoms with Crippen LogP contribution in [0.15, 0.2) is 84.9 Å². The van der Waals surface area contributed by atoms with Gasteiger partial charge >= 0.3 is 0 Å². The molecule has 1 saturated heterocycles. The van der Waals surface area contributed by atoms with Gasteiger partial charge in [-0.3, -0.25) is 4.79 Å². The van der Waals surface area contributed by atoms with Crippen molar-refractivity contribution in [3.05, 3.63) is 102 Å². The first-order chi connectivity index (χ1) is 13.1. The zero-order valence-electron chi connectivity index (χ0n) is 15.3. The average Bonchev–Trinajstić information content (AvgIpc) is 3.06. The summed E-state index contributed by atoms with van der Waals surface area (Å²) in [6.07, 6.45) is 0. The van der Waals surface area contributed by atoms with E-state index in [-0.39, 0.29) is 22.6 Å². The van der Waals surface area contributed by atoms with Gasteiger partial charge in [0.2, 0.25) is 5.50 Å². The molecule has 4 heteroatoms. The van der Waals surface area contributed by atoms with Gasteiger partial charge in [0.05, 0.1) is 6.04 Å². The number of benzene rings is 3. The Morgan fingerprint density at radius 3 is 2.11 bits per heavy atom. The molecule has 1 fully saturated rings. The standard InChI is InChI=1S/C23H22N2OS/c1-16-12-14-17(15-13-16)20-22(21(26)18-8-4-2-5-9-18)27-23(24)25(20)19-10-6-3-7-11-19/h2-15,20,22-23H,24H2,1H3/p+1/t20-,22+,23?/m0/s1. The van der Waals surface area contributed by atoms with Crippen molar-refractivity contribution in [3.8, 4) is 0 Å². The highest BCUT2D eigenvalue weighted by molar-refractivity contribution is 8.01. The van der Waals surface area contributed by atoms with E-state index in [0.717, 1.165) is 16.8 Å². The third kappa shape index (κ3) is 3.51. The Bertz CT molecular complexity index is 912. The number of hydrogen-bond acceptors (Lipinski definition) is 3. The molecule has 4 rings (SSSR count). The van der Waals surface area contributed by atoms with Crippen molar-refractivity contribution in [2.75, 3.05) is 4.90 Å². The summed E-state index contributed by atoms with van der Waals surface area (Å²) in [7, 11) is 0. The lowest BCUT2D eigenvalue weighted by molar-refractivity contribution is -0.384. The van der Waals surface area contributed by atoms with E-state index in [9.17, 15) is 4.79 Å². The number of carbonyl (C=O) groups is 1. The van der Waals surface area contributed by atoms with E-state index < -0.39 is 0 Å². The topological polar surface area (TPSA) is 48.0 Å². The third-order valence-corrected chi connectivity index (χ3v) is 6.30. The van der Waals surface area contributed by atoms with Crippen LogP contribution in [0.1, 0.15) is 27.5 Å². The largest absolute Gasteiger partial charge is 0.329 e. The van der Waals surface area contributed by atoms with Crippen molar-refractivity contribution in [1.29, 1.82) is 0 Å². The van der Waals surface area contributed by atoms with Gasteiger partial charge in [-0.2, -0.15) is 0 Å². The summed E-state index contributed by atoms with van der Waals surface area (Å²) < 4.78 is 0. The summed E-state index contributed by atoms with van der Waals surface area (Å²) in [5, 5.41) is -0.196.